The van der Waals surface area contributed by atoms with E-state index in [4.69, 9.17) is 0 Å². The predicted molar refractivity (Wildman–Crippen MR) is 156 cm³/mol. The van der Waals surface area contributed by atoms with Crippen molar-refractivity contribution in [3.8, 4) is 0 Å². The van der Waals surface area contributed by atoms with Crippen molar-refractivity contribution in [2.45, 2.75) is 75.2 Å². The summed E-state index contributed by atoms with van der Waals surface area (Å²) in [5.74, 6) is 5.24. The minimum absolute atomic E-state index is 0.187. The standard InChI is InChI=1S/C29H48N2P2Si/c1-34(2,3)24-4-5-25(28-14-19-10-20(15-28)12-21(11-19)27(28)18-32)26(13-24)29(33,22-6-8-30-16-22)23-7-9-31-17-23/h4-5,13,19-23,27,30-31H,6-12,14-18,32-33H2,1-3H3. The third-order valence-corrected chi connectivity index (χ3v) is 14.9. The summed E-state index contributed by atoms with van der Waals surface area (Å²) in [6.07, 6.45) is 11.4. The Labute approximate surface area is 214 Å². The minimum atomic E-state index is -1.40. The van der Waals surface area contributed by atoms with Gasteiger partial charge in [-0.2, -0.15) is 0 Å². The number of benzene rings is 1. The molecule has 2 N–H and O–H groups in total. The van der Waals surface area contributed by atoms with Gasteiger partial charge in [0, 0.05) is 5.16 Å². The van der Waals surface area contributed by atoms with Gasteiger partial charge in [0.15, 0.2) is 0 Å². The highest BCUT2D eigenvalue weighted by Crippen LogP contribution is 2.65. The monoisotopic (exact) mass is 514 g/mol. The van der Waals surface area contributed by atoms with Gasteiger partial charge in [0.2, 0.25) is 0 Å². The molecule has 4 saturated carbocycles. The molecule has 0 radical (unpaired) electrons. The fraction of sp³-hybridized carbons (Fsp3) is 0.793. The van der Waals surface area contributed by atoms with Crippen molar-refractivity contribution in [3.05, 3.63) is 29.3 Å². The number of nitrogens with one attached hydrogen (secondary N) is 2. The Hall–Kier alpha value is 0.217. The van der Waals surface area contributed by atoms with Crippen LogP contribution in [0.1, 0.15) is 56.1 Å². The van der Waals surface area contributed by atoms with Gasteiger partial charge in [0.05, 0.1) is 8.07 Å². The number of hydrogen-bond acceptors (Lipinski definition) is 2. The summed E-state index contributed by atoms with van der Waals surface area (Å²) in [4.78, 5) is 0. The van der Waals surface area contributed by atoms with Crippen LogP contribution < -0.4 is 15.8 Å². The van der Waals surface area contributed by atoms with Gasteiger partial charge in [0.1, 0.15) is 0 Å². The molecule has 1 aromatic carbocycles. The second kappa shape index (κ2) is 8.91. The van der Waals surface area contributed by atoms with Gasteiger partial charge in [-0.3, -0.25) is 0 Å². The molecule has 1 aromatic rings. The van der Waals surface area contributed by atoms with Crippen molar-refractivity contribution in [1.82, 2.24) is 10.6 Å². The fourth-order valence-corrected chi connectivity index (χ4v) is 12.5. The van der Waals surface area contributed by atoms with Gasteiger partial charge in [-0.05, 0) is 129 Å². The summed E-state index contributed by atoms with van der Waals surface area (Å²) in [7, 11) is 5.38. The summed E-state index contributed by atoms with van der Waals surface area (Å²) in [5, 5.41) is 9.38. The number of hydrogen-bond donors (Lipinski definition) is 2. The van der Waals surface area contributed by atoms with Crippen molar-refractivity contribution >= 4 is 31.7 Å². The zero-order chi connectivity index (χ0) is 23.7. The largest absolute Gasteiger partial charge is 0.316 e. The van der Waals surface area contributed by atoms with Crippen molar-refractivity contribution < 1.29 is 0 Å². The van der Waals surface area contributed by atoms with Crippen LogP contribution in [0.4, 0.5) is 0 Å². The quantitative estimate of drug-likeness (QED) is 0.408. The van der Waals surface area contributed by atoms with Crippen molar-refractivity contribution in [2.75, 3.05) is 32.3 Å². The molecule has 7 unspecified atom stereocenters. The van der Waals surface area contributed by atoms with Gasteiger partial charge in [0.25, 0.3) is 0 Å². The van der Waals surface area contributed by atoms with E-state index in [1.54, 1.807) is 16.3 Å². The van der Waals surface area contributed by atoms with Crippen LogP contribution in [0, 0.1) is 35.5 Å². The van der Waals surface area contributed by atoms with Gasteiger partial charge in [-0.25, -0.2) is 0 Å². The molecule has 5 heteroatoms. The Kier molecular flexibility index (Phi) is 6.43. The molecule has 6 aliphatic rings. The molecule has 0 amide bonds. The van der Waals surface area contributed by atoms with Crippen LogP contribution in [0.25, 0.3) is 0 Å². The normalized spacial score (nSPS) is 41.2. The molecule has 4 aliphatic carbocycles. The van der Waals surface area contributed by atoms with Crippen molar-refractivity contribution in [2.24, 2.45) is 35.5 Å². The van der Waals surface area contributed by atoms with Crippen LogP contribution in [0.2, 0.25) is 19.6 Å². The molecule has 2 nitrogen and oxygen atoms in total. The van der Waals surface area contributed by atoms with E-state index in [0.717, 1.165) is 35.5 Å². The minimum Gasteiger partial charge on any atom is -0.316 e. The van der Waals surface area contributed by atoms with Crippen LogP contribution in [0.15, 0.2) is 18.2 Å². The van der Waals surface area contributed by atoms with Crippen LogP contribution >= 0.6 is 18.5 Å². The van der Waals surface area contributed by atoms with E-state index in [-0.39, 0.29) is 5.16 Å². The highest BCUT2D eigenvalue weighted by Gasteiger charge is 2.59. The number of rotatable bonds is 6. The molecule has 2 heterocycles. The van der Waals surface area contributed by atoms with Crippen molar-refractivity contribution in [3.63, 3.8) is 0 Å². The molecule has 2 saturated heterocycles. The van der Waals surface area contributed by atoms with Gasteiger partial charge in [-0.1, -0.05) is 43.0 Å². The van der Waals surface area contributed by atoms with E-state index in [1.165, 1.54) is 77.3 Å². The molecule has 188 valence electrons. The average molecular weight is 515 g/mol. The summed E-state index contributed by atoms with van der Waals surface area (Å²) in [6, 6.07) is 8.07. The zero-order valence-corrected chi connectivity index (χ0v) is 25.1. The first-order valence-corrected chi connectivity index (χ1v) is 19.2. The first-order valence-electron chi connectivity index (χ1n) is 14.3. The van der Waals surface area contributed by atoms with E-state index >= 15 is 0 Å². The summed E-state index contributed by atoms with van der Waals surface area (Å²) in [6.45, 7) is 12.4. The lowest BCUT2D eigenvalue weighted by atomic mass is 9.43. The lowest BCUT2D eigenvalue weighted by Gasteiger charge is -2.62. The Morgan fingerprint density at radius 2 is 1.59 bits per heavy atom. The fourth-order valence-electron chi connectivity index (χ4n) is 9.68. The molecule has 7 atom stereocenters. The van der Waals surface area contributed by atoms with Gasteiger partial charge >= 0.3 is 0 Å². The van der Waals surface area contributed by atoms with E-state index in [2.05, 4.69) is 67.0 Å². The third-order valence-electron chi connectivity index (χ3n) is 11.1. The zero-order valence-electron chi connectivity index (χ0n) is 21.8. The van der Waals surface area contributed by atoms with E-state index in [9.17, 15) is 0 Å². The summed E-state index contributed by atoms with van der Waals surface area (Å²) >= 11 is 0. The molecule has 7 rings (SSSR count). The molecule has 2 aliphatic heterocycles. The van der Waals surface area contributed by atoms with Crippen LogP contribution in [-0.2, 0) is 10.6 Å². The van der Waals surface area contributed by atoms with E-state index in [1.807, 2.05) is 0 Å². The maximum Gasteiger partial charge on any atom is 0.0776 e. The second-order valence-electron chi connectivity index (χ2n) is 13.9. The Morgan fingerprint density at radius 1 is 0.971 bits per heavy atom. The van der Waals surface area contributed by atoms with Crippen LogP contribution in [0.3, 0.4) is 0 Å². The maximum absolute atomic E-state index is 3.76. The molecule has 4 bridgehead atoms. The third kappa shape index (κ3) is 3.77. The Bertz CT molecular complexity index is 885. The average Bonchev–Trinajstić information content (AvgIpc) is 3.52. The first-order chi connectivity index (χ1) is 16.3. The Morgan fingerprint density at radius 3 is 2.09 bits per heavy atom. The van der Waals surface area contributed by atoms with E-state index in [0.29, 0.717) is 5.41 Å². The highest BCUT2D eigenvalue weighted by molar-refractivity contribution is 7.18. The molecule has 0 spiro atoms. The smallest absolute Gasteiger partial charge is 0.0776 e. The highest BCUT2D eigenvalue weighted by atomic mass is 31.0. The van der Waals surface area contributed by atoms with Crippen LogP contribution in [0.5, 0.6) is 0 Å². The van der Waals surface area contributed by atoms with Crippen LogP contribution in [-0.4, -0.2) is 40.4 Å². The Balaban J connectivity index is 1.56. The molecule has 6 fully saturated rings. The molecular formula is C29H48N2P2Si. The van der Waals surface area contributed by atoms with Gasteiger partial charge < -0.3 is 10.6 Å². The predicted octanol–water partition coefficient (Wildman–Crippen LogP) is 5.09. The second-order valence-corrected chi connectivity index (χ2v) is 20.4. The molecule has 0 aromatic heterocycles. The SMILES string of the molecule is C[Si](C)(C)c1ccc(C23CC4CC(CC(C4)C2CP)C3)c(C(P)(C2CCNC2)C2CCNC2)c1. The van der Waals surface area contributed by atoms with Gasteiger partial charge in [-0.15, -0.1) is 18.5 Å². The summed E-state index contributed by atoms with van der Waals surface area (Å²) in [5.41, 5.74) is 3.99. The van der Waals surface area contributed by atoms with E-state index < -0.39 is 8.07 Å². The van der Waals surface area contributed by atoms with Crippen molar-refractivity contribution in [1.29, 1.82) is 0 Å². The molecular weight excluding hydrogens is 466 g/mol. The lowest BCUT2D eigenvalue weighted by molar-refractivity contribution is -0.0525. The maximum atomic E-state index is 3.76. The summed E-state index contributed by atoms with van der Waals surface area (Å²) < 4.78 is 0. The molecule has 34 heavy (non-hydrogen) atoms. The topological polar surface area (TPSA) is 24.1 Å². The lowest BCUT2D eigenvalue weighted by Crippen LogP contribution is -2.57. The first kappa shape index (κ1) is 24.5.